The molecule has 0 bridgehead atoms. The number of nitrogens with two attached hydrogens (primary N) is 1. The molecule has 0 aliphatic heterocycles. The van der Waals surface area contributed by atoms with Crippen LogP contribution in [0.5, 0.6) is 11.5 Å². The maximum absolute atomic E-state index is 13.5. The van der Waals surface area contributed by atoms with Gasteiger partial charge in [-0.25, -0.2) is 4.98 Å². The van der Waals surface area contributed by atoms with E-state index in [1.54, 1.807) is 30.3 Å². The molecule has 0 spiro atoms. The van der Waals surface area contributed by atoms with Crippen molar-refractivity contribution in [3.05, 3.63) is 85.5 Å². The zero-order chi connectivity index (χ0) is 26.1. The zero-order valence-corrected chi connectivity index (χ0v) is 22.4. The molecule has 0 saturated heterocycles. The van der Waals surface area contributed by atoms with Crippen LogP contribution in [-0.4, -0.2) is 35.5 Å². The van der Waals surface area contributed by atoms with Crippen molar-refractivity contribution in [2.75, 3.05) is 13.7 Å². The summed E-state index contributed by atoms with van der Waals surface area (Å²) >= 11 is 6.89. The number of nitrogens with zero attached hydrogens (tertiary/aromatic N) is 3. The number of benzene rings is 3. The number of carbonyl (C=O) groups excluding carboxylic acids is 1. The molecule has 1 amide bonds. The van der Waals surface area contributed by atoms with E-state index >= 15 is 0 Å². The molecule has 0 aliphatic carbocycles. The van der Waals surface area contributed by atoms with E-state index in [1.807, 2.05) is 30.3 Å². The average molecular weight is 626 g/mol. The Labute approximate surface area is 226 Å². The van der Waals surface area contributed by atoms with Crippen molar-refractivity contribution in [2.24, 2.45) is 10.8 Å². The number of amides is 1. The fourth-order valence-corrected chi connectivity index (χ4v) is 4.69. The summed E-state index contributed by atoms with van der Waals surface area (Å²) in [7, 11) is 1.47. The normalized spacial score (nSPS) is 11.4. The van der Waals surface area contributed by atoms with Crippen LogP contribution in [0.4, 0.5) is 0 Å². The van der Waals surface area contributed by atoms with Crippen LogP contribution in [0.3, 0.4) is 0 Å². The minimum atomic E-state index is -0.617. The van der Waals surface area contributed by atoms with E-state index in [1.165, 1.54) is 18.0 Å². The maximum atomic E-state index is 13.5. The summed E-state index contributed by atoms with van der Waals surface area (Å²) in [5.74, 6) is 0.691. The number of fused-ring (bicyclic) bond motifs is 2. The van der Waals surface area contributed by atoms with Gasteiger partial charge in [0.05, 0.1) is 28.7 Å². The van der Waals surface area contributed by atoms with Crippen molar-refractivity contribution < 1.29 is 18.7 Å². The molecule has 0 atom stereocenters. The molecule has 5 rings (SSSR count). The van der Waals surface area contributed by atoms with Gasteiger partial charge in [0.25, 0.3) is 11.5 Å². The lowest BCUT2D eigenvalue weighted by molar-refractivity contribution is -0.119. The lowest BCUT2D eigenvalue weighted by atomic mass is 10.2. The minimum Gasteiger partial charge on any atom is -0.493 e. The predicted octanol–water partition coefficient (Wildman–Crippen LogP) is 5.09. The molecule has 186 valence electrons. The van der Waals surface area contributed by atoms with Crippen LogP contribution < -0.4 is 20.8 Å². The van der Waals surface area contributed by atoms with Crippen LogP contribution in [0.15, 0.2) is 83.9 Å². The lowest BCUT2D eigenvalue weighted by Crippen LogP contribution is -2.20. The topological polar surface area (TPSA) is 122 Å². The Kier molecular flexibility index (Phi) is 6.81. The molecule has 2 aromatic heterocycles. The first-order valence-electron chi connectivity index (χ1n) is 10.9. The standard InChI is InChI=1S/C26H18Br2N4O5/c1-35-21-9-14(8-18(28)24(21)36-13-23(29)33)12-30-32-25(31-19-5-3-2-4-17(19)26(32)34)22-11-15-10-16(27)6-7-20(15)37-22/h2-12H,13H2,1H3,(H2,29,33). The van der Waals surface area contributed by atoms with E-state index in [2.05, 4.69) is 41.9 Å². The minimum absolute atomic E-state index is 0.250. The third-order valence-corrected chi connectivity index (χ3v) is 6.47. The van der Waals surface area contributed by atoms with Gasteiger partial charge in [-0.1, -0.05) is 28.1 Å². The summed E-state index contributed by atoms with van der Waals surface area (Å²) in [5, 5.41) is 5.73. The highest BCUT2D eigenvalue weighted by molar-refractivity contribution is 9.10. The van der Waals surface area contributed by atoms with Gasteiger partial charge in [0, 0.05) is 9.86 Å². The first kappa shape index (κ1) is 24.7. The molecular formula is C26H18Br2N4O5. The smallest absolute Gasteiger partial charge is 0.282 e. The van der Waals surface area contributed by atoms with Gasteiger partial charge in [0.1, 0.15) is 5.58 Å². The van der Waals surface area contributed by atoms with Gasteiger partial charge in [-0.15, -0.1) is 0 Å². The lowest BCUT2D eigenvalue weighted by Gasteiger charge is -2.12. The monoisotopic (exact) mass is 624 g/mol. The predicted molar refractivity (Wildman–Crippen MR) is 147 cm³/mol. The molecule has 2 heterocycles. The molecule has 5 aromatic rings. The van der Waals surface area contributed by atoms with Gasteiger partial charge in [0.15, 0.2) is 23.9 Å². The van der Waals surface area contributed by atoms with E-state index in [0.717, 1.165) is 9.86 Å². The molecule has 0 saturated carbocycles. The Hall–Kier alpha value is -3.96. The number of hydrogen-bond donors (Lipinski definition) is 1. The SMILES string of the molecule is COc1cc(C=Nn2c(-c3cc4cc(Br)ccc4o3)nc3ccccc3c2=O)cc(Br)c1OCC(N)=O. The number of furan rings is 1. The van der Waals surface area contributed by atoms with Gasteiger partial charge in [-0.3, -0.25) is 9.59 Å². The Morgan fingerprint density at radius 2 is 1.97 bits per heavy atom. The van der Waals surface area contributed by atoms with Gasteiger partial charge >= 0.3 is 0 Å². The van der Waals surface area contributed by atoms with Crippen LogP contribution >= 0.6 is 31.9 Å². The molecular weight excluding hydrogens is 608 g/mol. The van der Waals surface area contributed by atoms with Crippen LogP contribution in [0.2, 0.25) is 0 Å². The van der Waals surface area contributed by atoms with E-state index in [4.69, 9.17) is 19.6 Å². The van der Waals surface area contributed by atoms with Crippen molar-refractivity contribution >= 4 is 65.9 Å². The highest BCUT2D eigenvalue weighted by Gasteiger charge is 2.17. The van der Waals surface area contributed by atoms with Gasteiger partial charge in [0.2, 0.25) is 5.82 Å². The summed E-state index contributed by atoms with van der Waals surface area (Å²) in [4.78, 5) is 29.3. The number of methoxy groups -OCH3 is 1. The molecule has 0 radical (unpaired) electrons. The summed E-state index contributed by atoms with van der Waals surface area (Å²) < 4.78 is 19.5. The number of hydrogen-bond acceptors (Lipinski definition) is 7. The second kappa shape index (κ2) is 10.2. The van der Waals surface area contributed by atoms with E-state index in [9.17, 15) is 9.59 Å². The maximum Gasteiger partial charge on any atom is 0.282 e. The van der Waals surface area contributed by atoms with Crippen molar-refractivity contribution in [1.29, 1.82) is 0 Å². The number of halogens is 2. The number of primary amides is 1. The molecule has 0 fully saturated rings. The van der Waals surface area contributed by atoms with Crippen LogP contribution in [0, 0.1) is 0 Å². The second-order valence-corrected chi connectivity index (χ2v) is 9.67. The molecule has 0 unspecified atom stereocenters. The van der Waals surface area contributed by atoms with Gasteiger partial charge in [-0.05, 0) is 70.0 Å². The first-order valence-corrected chi connectivity index (χ1v) is 12.5. The first-order chi connectivity index (χ1) is 17.8. The number of carbonyl (C=O) groups is 1. The molecule has 11 heteroatoms. The van der Waals surface area contributed by atoms with Crippen LogP contribution in [0.25, 0.3) is 33.5 Å². The molecule has 3 aromatic carbocycles. The van der Waals surface area contributed by atoms with Gasteiger partial charge in [-0.2, -0.15) is 9.78 Å². The Balaban J connectivity index is 1.63. The third kappa shape index (κ3) is 5.00. The third-order valence-electron chi connectivity index (χ3n) is 5.39. The number of aromatic nitrogens is 2. The van der Waals surface area contributed by atoms with E-state index < -0.39 is 5.91 Å². The van der Waals surface area contributed by atoms with Crippen molar-refractivity contribution in [1.82, 2.24) is 9.66 Å². The molecule has 2 N–H and O–H groups in total. The Morgan fingerprint density at radius 1 is 1.16 bits per heavy atom. The fraction of sp³-hybridized carbons (Fsp3) is 0.0769. The van der Waals surface area contributed by atoms with E-state index in [-0.39, 0.29) is 18.0 Å². The quantitative estimate of drug-likeness (QED) is 0.252. The van der Waals surface area contributed by atoms with Crippen LogP contribution in [0.1, 0.15) is 5.56 Å². The summed E-state index contributed by atoms with van der Waals surface area (Å²) in [6, 6.07) is 17.8. The Morgan fingerprint density at radius 3 is 2.76 bits per heavy atom. The largest absolute Gasteiger partial charge is 0.493 e. The highest BCUT2D eigenvalue weighted by atomic mass is 79.9. The Bertz CT molecular complexity index is 1760. The molecule has 0 aliphatic rings. The molecule has 9 nitrogen and oxygen atoms in total. The summed E-state index contributed by atoms with van der Waals surface area (Å²) in [5.41, 5.74) is 6.59. The summed E-state index contributed by atoms with van der Waals surface area (Å²) in [6.07, 6.45) is 1.49. The molecule has 37 heavy (non-hydrogen) atoms. The fourth-order valence-electron chi connectivity index (χ4n) is 3.74. The van der Waals surface area contributed by atoms with Crippen molar-refractivity contribution in [3.8, 4) is 23.1 Å². The van der Waals surface area contributed by atoms with Crippen LogP contribution in [-0.2, 0) is 4.79 Å². The van der Waals surface area contributed by atoms with Gasteiger partial charge < -0.3 is 19.6 Å². The highest BCUT2D eigenvalue weighted by Crippen LogP contribution is 2.36. The summed E-state index contributed by atoms with van der Waals surface area (Å²) in [6.45, 7) is -0.308. The number of ether oxygens (including phenoxy) is 2. The van der Waals surface area contributed by atoms with Crippen molar-refractivity contribution in [3.63, 3.8) is 0 Å². The number of rotatable bonds is 7. The van der Waals surface area contributed by atoms with Crippen molar-refractivity contribution in [2.45, 2.75) is 0 Å². The number of para-hydroxylation sites is 1. The average Bonchev–Trinajstić information content (AvgIpc) is 3.30. The zero-order valence-electron chi connectivity index (χ0n) is 19.3. The van der Waals surface area contributed by atoms with E-state index in [0.29, 0.717) is 43.8 Å². The second-order valence-electron chi connectivity index (χ2n) is 7.90.